The second-order valence-corrected chi connectivity index (χ2v) is 5.38. The molecule has 0 saturated carbocycles. The number of hydrogen-bond donors (Lipinski definition) is 1. The van der Waals surface area contributed by atoms with Crippen molar-refractivity contribution in [3.05, 3.63) is 62.1 Å². The highest BCUT2D eigenvalue weighted by atomic mass is 79.9. The van der Waals surface area contributed by atoms with Crippen molar-refractivity contribution < 1.29 is 14.8 Å². The Bertz CT molecular complexity index is 823. The number of nitrogens with zero attached hydrogens (tertiary/aromatic N) is 2. The topological polar surface area (TPSA) is 96.4 Å². The SMILES string of the molecule is COc1cc(/C=C(\C#N)c2ccc([N+](=O)[O-])cc2)cc(Br)c1O. The van der Waals surface area contributed by atoms with E-state index in [0.29, 0.717) is 21.2 Å². The van der Waals surface area contributed by atoms with Crippen molar-refractivity contribution in [2.45, 2.75) is 0 Å². The fourth-order valence-corrected chi connectivity index (χ4v) is 2.40. The van der Waals surface area contributed by atoms with Crippen LogP contribution in [0, 0.1) is 21.4 Å². The molecule has 2 rings (SSSR count). The number of halogens is 1. The van der Waals surface area contributed by atoms with Crippen molar-refractivity contribution in [2.24, 2.45) is 0 Å². The number of benzene rings is 2. The van der Waals surface area contributed by atoms with E-state index in [-0.39, 0.29) is 17.2 Å². The van der Waals surface area contributed by atoms with E-state index < -0.39 is 4.92 Å². The summed E-state index contributed by atoms with van der Waals surface area (Å²) in [5, 5.41) is 29.8. The van der Waals surface area contributed by atoms with Gasteiger partial charge in [-0.25, -0.2) is 0 Å². The Kier molecular flexibility index (Phi) is 4.98. The second-order valence-electron chi connectivity index (χ2n) is 4.53. The number of nitriles is 1. The Hall–Kier alpha value is -2.85. The first-order valence-electron chi connectivity index (χ1n) is 6.39. The fraction of sp³-hybridized carbons (Fsp3) is 0.0625. The smallest absolute Gasteiger partial charge is 0.269 e. The van der Waals surface area contributed by atoms with Crippen molar-refractivity contribution >= 4 is 33.3 Å². The minimum atomic E-state index is -0.499. The third-order valence-corrected chi connectivity index (χ3v) is 3.70. The molecule has 7 heteroatoms. The molecule has 23 heavy (non-hydrogen) atoms. The number of rotatable bonds is 4. The summed E-state index contributed by atoms with van der Waals surface area (Å²) in [5.74, 6) is 0.241. The van der Waals surface area contributed by atoms with E-state index in [9.17, 15) is 20.5 Å². The molecule has 0 bridgehead atoms. The maximum Gasteiger partial charge on any atom is 0.269 e. The summed E-state index contributed by atoms with van der Waals surface area (Å²) >= 11 is 3.21. The number of nitro groups is 1. The molecule has 0 heterocycles. The lowest BCUT2D eigenvalue weighted by Crippen LogP contribution is -1.89. The van der Waals surface area contributed by atoms with Gasteiger partial charge in [0, 0.05) is 12.1 Å². The molecular weight excluding hydrogens is 364 g/mol. The zero-order chi connectivity index (χ0) is 17.0. The van der Waals surface area contributed by atoms with Gasteiger partial charge in [0.05, 0.1) is 28.1 Å². The lowest BCUT2D eigenvalue weighted by atomic mass is 10.0. The molecular formula is C16H11BrN2O4. The number of methoxy groups -OCH3 is 1. The highest BCUT2D eigenvalue weighted by Gasteiger charge is 2.10. The van der Waals surface area contributed by atoms with Gasteiger partial charge in [-0.1, -0.05) is 0 Å². The largest absolute Gasteiger partial charge is 0.503 e. The van der Waals surface area contributed by atoms with E-state index in [1.54, 1.807) is 18.2 Å². The molecule has 0 aromatic heterocycles. The molecule has 0 amide bonds. The van der Waals surface area contributed by atoms with Crippen LogP contribution in [0.4, 0.5) is 5.69 Å². The van der Waals surface area contributed by atoms with Crippen molar-refractivity contribution in [3.63, 3.8) is 0 Å². The summed E-state index contributed by atoms with van der Waals surface area (Å²) in [6, 6.07) is 11.0. The van der Waals surface area contributed by atoms with Crippen LogP contribution in [0.5, 0.6) is 11.5 Å². The molecule has 0 unspecified atom stereocenters. The van der Waals surface area contributed by atoms with Gasteiger partial charge in [0.15, 0.2) is 11.5 Å². The molecule has 116 valence electrons. The third kappa shape index (κ3) is 3.67. The summed E-state index contributed by atoms with van der Waals surface area (Å²) in [6.45, 7) is 0. The molecule has 0 fully saturated rings. The van der Waals surface area contributed by atoms with Gasteiger partial charge in [-0.2, -0.15) is 5.26 Å². The number of nitro benzene ring substituents is 1. The molecule has 0 atom stereocenters. The third-order valence-electron chi connectivity index (χ3n) is 3.09. The van der Waals surface area contributed by atoms with E-state index >= 15 is 0 Å². The van der Waals surface area contributed by atoms with Gasteiger partial charge in [0.25, 0.3) is 5.69 Å². The first-order valence-corrected chi connectivity index (χ1v) is 7.18. The average Bonchev–Trinajstić information content (AvgIpc) is 2.55. The van der Waals surface area contributed by atoms with E-state index in [4.69, 9.17) is 4.74 Å². The lowest BCUT2D eigenvalue weighted by Gasteiger charge is -2.07. The molecule has 1 N–H and O–H groups in total. The van der Waals surface area contributed by atoms with Gasteiger partial charge in [-0.3, -0.25) is 10.1 Å². The van der Waals surface area contributed by atoms with Gasteiger partial charge >= 0.3 is 0 Å². The molecule has 0 aliphatic heterocycles. The van der Waals surface area contributed by atoms with Gasteiger partial charge < -0.3 is 9.84 Å². The molecule has 0 spiro atoms. The van der Waals surface area contributed by atoms with Gasteiger partial charge in [-0.05, 0) is 57.4 Å². The van der Waals surface area contributed by atoms with Crippen molar-refractivity contribution in [1.29, 1.82) is 5.26 Å². The van der Waals surface area contributed by atoms with Crippen LogP contribution in [-0.2, 0) is 0 Å². The van der Waals surface area contributed by atoms with Crippen molar-refractivity contribution in [2.75, 3.05) is 7.11 Å². The van der Waals surface area contributed by atoms with Gasteiger partial charge in [-0.15, -0.1) is 0 Å². The van der Waals surface area contributed by atoms with E-state index in [1.165, 1.54) is 31.4 Å². The fourth-order valence-electron chi connectivity index (χ4n) is 1.94. The molecule has 0 aliphatic carbocycles. The standard InChI is InChI=1S/C16H11BrN2O4/c1-23-15-8-10(7-14(17)16(15)20)6-12(9-18)11-2-4-13(5-3-11)19(21)22/h2-8,20H,1H3/b12-6+. The van der Waals surface area contributed by atoms with Crippen LogP contribution in [0.1, 0.15) is 11.1 Å². The van der Waals surface area contributed by atoms with Crippen LogP contribution in [0.3, 0.4) is 0 Å². The van der Waals surface area contributed by atoms with Crippen LogP contribution in [0.15, 0.2) is 40.9 Å². The molecule has 0 radical (unpaired) electrons. The number of non-ortho nitro benzene ring substituents is 1. The number of ether oxygens (including phenoxy) is 1. The summed E-state index contributed by atoms with van der Waals surface area (Å²) in [4.78, 5) is 10.2. The number of hydrogen-bond acceptors (Lipinski definition) is 5. The quantitative estimate of drug-likeness (QED) is 0.375. The van der Waals surface area contributed by atoms with Crippen LogP contribution in [0.25, 0.3) is 11.6 Å². The zero-order valence-electron chi connectivity index (χ0n) is 12.0. The van der Waals surface area contributed by atoms with Crippen LogP contribution in [-0.4, -0.2) is 17.1 Å². The maximum atomic E-state index is 10.7. The first kappa shape index (κ1) is 16.5. The summed E-state index contributed by atoms with van der Waals surface area (Å²) in [5.41, 5.74) is 1.49. The molecule has 2 aromatic carbocycles. The van der Waals surface area contributed by atoms with Crippen LogP contribution < -0.4 is 4.74 Å². The van der Waals surface area contributed by atoms with E-state index in [2.05, 4.69) is 22.0 Å². The Morgan fingerprint density at radius 1 is 1.39 bits per heavy atom. The molecule has 0 saturated heterocycles. The minimum absolute atomic E-state index is 0.0292. The van der Waals surface area contributed by atoms with Crippen LogP contribution >= 0.6 is 15.9 Å². The van der Waals surface area contributed by atoms with Gasteiger partial charge in [0.2, 0.25) is 0 Å². The predicted molar refractivity (Wildman–Crippen MR) is 88.9 cm³/mol. The van der Waals surface area contributed by atoms with Crippen molar-refractivity contribution in [3.8, 4) is 17.6 Å². The first-order chi connectivity index (χ1) is 11.0. The second kappa shape index (κ2) is 6.94. The Balaban J connectivity index is 2.45. The van der Waals surface area contributed by atoms with E-state index in [1.807, 2.05) is 0 Å². The van der Waals surface area contributed by atoms with Gasteiger partial charge in [0.1, 0.15) is 0 Å². The lowest BCUT2D eigenvalue weighted by molar-refractivity contribution is -0.384. The number of phenolic OH excluding ortho intramolecular Hbond substituents is 1. The Morgan fingerprint density at radius 3 is 2.57 bits per heavy atom. The summed E-state index contributed by atoms with van der Waals surface area (Å²) in [6.07, 6.45) is 1.61. The normalized spacial score (nSPS) is 10.9. The van der Waals surface area contributed by atoms with E-state index in [0.717, 1.165) is 0 Å². The number of allylic oxidation sites excluding steroid dienone is 1. The zero-order valence-corrected chi connectivity index (χ0v) is 13.6. The molecule has 0 aliphatic rings. The Morgan fingerprint density at radius 2 is 2.04 bits per heavy atom. The summed E-state index contributed by atoms with van der Waals surface area (Å²) < 4.78 is 5.50. The van der Waals surface area contributed by atoms with Crippen molar-refractivity contribution in [1.82, 2.24) is 0 Å². The average molecular weight is 375 g/mol. The highest BCUT2D eigenvalue weighted by Crippen LogP contribution is 2.36. The number of aromatic hydroxyl groups is 1. The predicted octanol–water partition coefficient (Wildman–Crippen LogP) is 4.14. The maximum absolute atomic E-state index is 10.7. The number of phenols is 1. The monoisotopic (exact) mass is 374 g/mol. The highest BCUT2D eigenvalue weighted by molar-refractivity contribution is 9.10. The molecule has 6 nitrogen and oxygen atoms in total. The summed E-state index contributed by atoms with van der Waals surface area (Å²) in [7, 11) is 1.43. The van der Waals surface area contributed by atoms with Crippen LogP contribution in [0.2, 0.25) is 0 Å². The molecule has 2 aromatic rings. The Labute approximate surface area is 140 Å². The minimum Gasteiger partial charge on any atom is -0.503 e.